The molecule has 1 unspecified atom stereocenters. The first-order valence-corrected chi connectivity index (χ1v) is 8.92. The summed E-state index contributed by atoms with van der Waals surface area (Å²) in [5, 5.41) is 13.3. The lowest BCUT2D eigenvalue weighted by atomic mass is 10.1. The molecule has 136 valence electrons. The van der Waals surface area contributed by atoms with Crippen molar-refractivity contribution in [2.24, 2.45) is 5.73 Å². The van der Waals surface area contributed by atoms with Crippen LogP contribution in [0.3, 0.4) is 0 Å². The molecule has 0 saturated heterocycles. The molecule has 0 fully saturated rings. The van der Waals surface area contributed by atoms with Crippen molar-refractivity contribution in [1.29, 1.82) is 0 Å². The Hall–Kier alpha value is -2.80. The number of amides is 1. The van der Waals surface area contributed by atoms with E-state index >= 15 is 0 Å². The van der Waals surface area contributed by atoms with Crippen molar-refractivity contribution >= 4 is 16.7 Å². The quantitative estimate of drug-likeness (QED) is 0.680. The number of benzene rings is 1. The number of carbonyl (C=O) groups is 1. The van der Waals surface area contributed by atoms with Crippen LogP contribution >= 0.6 is 0 Å². The van der Waals surface area contributed by atoms with Crippen LogP contribution in [0.4, 0.5) is 0 Å². The number of hydrogen-bond donors (Lipinski definition) is 2. The molecule has 0 radical (unpaired) electrons. The summed E-state index contributed by atoms with van der Waals surface area (Å²) in [4.78, 5) is 16.8. The van der Waals surface area contributed by atoms with Crippen LogP contribution in [-0.4, -0.2) is 38.5 Å². The van der Waals surface area contributed by atoms with Crippen molar-refractivity contribution in [3.8, 4) is 5.69 Å². The summed E-state index contributed by atoms with van der Waals surface area (Å²) in [6.07, 6.45) is 6.50. The summed E-state index contributed by atoms with van der Waals surface area (Å²) in [7, 11) is 0. The highest BCUT2D eigenvalue weighted by Crippen LogP contribution is 2.22. The molecule has 3 N–H and O–H groups in total. The first kappa shape index (κ1) is 18.0. The molecule has 3 aromatic rings. The molecule has 0 aliphatic carbocycles. The Morgan fingerprint density at radius 2 is 2.19 bits per heavy atom. The SMILES string of the molecule is CCCCC(CN)NC(=O)c1nnn(-c2cccc3cnccc23)c1C. The molecule has 2 heterocycles. The van der Waals surface area contributed by atoms with Gasteiger partial charge in [0.25, 0.3) is 5.91 Å². The Kier molecular flexibility index (Phi) is 5.58. The van der Waals surface area contributed by atoms with Gasteiger partial charge in [-0.2, -0.15) is 0 Å². The van der Waals surface area contributed by atoms with Gasteiger partial charge in [-0.3, -0.25) is 9.78 Å². The van der Waals surface area contributed by atoms with E-state index in [9.17, 15) is 4.79 Å². The molecule has 1 aromatic carbocycles. The number of unbranched alkanes of at least 4 members (excludes halogenated alkanes) is 1. The van der Waals surface area contributed by atoms with Gasteiger partial charge in [0.05, 0.1) is 11.4 Å². The van der Waals surface area contributed by atoms with Crippen LogP contribution in [-0.2, 0) is 0 Å². The number of nitrogens with zero attached hydrogens (tertiary/aromatic N) is 4. The molecular formula is C19H24N6O. The largest absolute Gasteiger partial charge is 0.347 e. The van der Waals surface area contributed by atoms with Gasteiger partial charge in [-0.1, -0.05) is 37.1 Å². The summed E-state index contributed by atoms with van der Waals surface area (Å²) < 4.78 is 1.70. The van der Waals surface area contributed by atoms with E-state index in [0.717, 1.165) is 35.7 Å². The monoisotopic (exact) mass is 352 g/mol. The van der Waals surface area contributed by atoms with Gasteiger partial charge in [0, 0.05) is 35.8 Å². The fourth-order valence-corrected chi connectivity index (χ4v) is 3.01. The molecule has 0 bridgehead atoms. The van der Waals surface area contributed by atoms with E-state index in [1.54, 1.807) is 17.1 Å². The van der Waals surface area contributed by atoms with E-state index in [0.29, 0.717) is 17.9 Å². The Bertz CT molecular complexity index is 899. The second kappa shape index (κ2) is 8.05. The molecule has 2 aromatic heterocycles. The third kappa shape index (κ3) is 3.57. The fraction of sp³-hybridized carbons (Fsp3) is 0.368. The van der Waals surface area contributed by atoms with Crippen LogP contribution in [0.2, 0.25) is 0 Å². The van der Waals surface area contributed by atoms with Gasteiger partial charge in [0.2, 0.25) is 0 Å². The van der Waals surface area contributed by atoms with Crippen LogP contribution < -0.4 is 11.1 Å². The van der Waals surface area contributed by atoms with Gasteiger partial charge in [0.15, 0.2) is 5.69 Å². The van der Waals surface area contributed by atoms with Gasteiger partial charge < -0.3 is 11.1 Å². The molecule has 7 nitrogen and oxygen atoms in total. The van der Waals surface area contributed by atoms with E-state index in [1.807, 2.05) is 31.2 Å². The van der Waals surface area contributed by atoms with Crippen LogP contribution in [0.1, 0.15) is 42.4 Å². The van der Waals surface area contributed by atoms with Crippen LogP contribution in [0.15, 0.2) is 36.7 Å². The summed E-state index contributed by atoms with van der Waals surface area (Å²) in [5.41, 5.74) is 7.66. The third-order valence-corrected chi connectivity index (χ3v) is 4.52. The number of rotatable bonds is 7. The molecule has 26 heavy (non-hydrogen) atoms. The highest BCUT2D eigenvalue weighted by Gasteiger charge is 2.20. The minimum absolute atomic E-state index is 0.0457. The molecule has 0 saturated carbocycles. The van der Waals surface area contributed by atoms with E-state index < -0.39 is 0 Å². The number of nitrogens with two attached hydrogens (primary N) is 1. The summed E-state index contributed by atoms with van der Waals surface area (Å²) in [6, 6.07) is 7.77. The maximum absolute atomic E-state index is 12.6. The lowest BCUT2D eigenvalue weighted by Gasteiger charge is -2.15. The highest BCUT2D eigenvalue weighted by atomic mass is 16.2. The van der Waals surface area contributed by atoms with Gasteiger partial charge >= 0.3 is 0 Å². The molecule has 3 rings (SSSR count). The van der Waals surface area contributed by atoms with E-state index in [1.165, 1.54) is 0 Å². The predicted molar refractivity (Wildman–Crippen MR) is 101 cm³/mol. The van der Waals surface area contributed by atoms with Crippen molar-refractivity contribution in [3.05, 3.63) is 48.0 Å². The minimum atomic E-state index is -0.234. The molecular weight excluding hydrogens is 328 g/mol. The normalized spacial score (nSPS) is 12.3. The maximum Gasteiger partial charge on any atom is 0.274 e. The number of pyridine rings is 1. The number of carbonyl (C=O) groups excluding carboxylic acids is 1. The van der Waals surface area contributed by atoms with Crippen LogP contribution in [0.5, 0.6) is 0 Å². The zero-order valence-corrected chi connectivity index (χ0v) is 15.1. The average molecular weight is 352 g/mol. The second-order valence-electron chi connectivity index (χ2n) is 6.36. The van der Waals surface area contributed by atoms with Gasteiger partial charge in [0.1, 0.15) is 0 Å². The Labute approximate surface area is 152 Å². The minimum Gasteiger partial charge on any atom is -0.347 e. The molecule has 1 atom stereocenters. The molecule has 0 aliphatic rings. The number of nitrogens with one attached hydrogen (secondary N) is 1. The van der Waals surface area contributed by atoms with Crippen molar-refractivity contribution < 1.29 is 4.79 Å². The zero-order valence-electron chi connectivity index (χ0n) is 15.1. The molecule has 0 spiro atoms. The second-order valence-corrected chi connectivity index (χ2v) is 6.36. The highest BCUT2D eigenvalue weighted by molar-refractivity contribution is 5.94. The van der Waals surface area contributed by atoms with Crippen LogP contribution in [0, 0.1) is 6.92 Å². The topological polar surface area (TPSA) is 98.7 Å². The maximum atomic E-state index is 12.6. The first-order valence-electron chi connectivity index (χ1n) is 8.92. The Balaban J connectivity index is 1.89. The number of aromatic nitrogens is 4. The predicted octanol–water partition coefficient (Wildman–Crippen LogP) is 2.37. The summed E-state index contributed by atoms with van der Waals surface area (Å²) in [6.45, 7) is 4.37. The smallest absolute Gasteiger partial charge is 0.274 e. The van der Waals surface area contributed by atoms with E-state index in [4.69, 9.17) is 5.73 Å². The van der Waals surface area contributed by atoms with Gasteiger partial charge in [-0.05, 0) is 25.5 Å². The average Bonchev–Trinajstić information content (AvgIpc) is 3.05. The molecule has 0 aliphatic heterocycles. The number of hydrogen-bond acceptors (Lipinski definition) is 5. The van der Waals surface area contributed by atoms with Crippen molar-refractivity contribution in [3.63, 3.8) is 0 Å². The lowest BCUT2D eigenvalue weighted by Crippen LogP contribution is -2.40. The Morgan fingerprint density at radius 3 is 2.96 bits per heavy atom. The van der Waals surface area contributed by atoms with Gasteiger partial charge in [-0.15, -0.1) is 5.10 Å². The lowest BCUT2D eigenvalue weighted by molar-refractivity contribution is 0.0930. The molecule has 7 heteroatoms. The zero-order chi connectivity index (χ0) is 18.5. The van der Waals surface area contributed by atoms with E-state index in [-0.39, 0.29) is 11.9 Å². The molecule has 1 amide bonds. The third-order valence-electron chi connectivity index (χ3n) is 4.52. The standard InChI is InChI=1S/C19H24N6O/c1-3-4-7-15(11-20)22-19(26)18-13(2)25(24-23-18)17-8-5-6-14-12-21-10-9-16(14)17/h5-6,8-10,12,15H,3-4,7,11,20H2,1-2H3,(H,22,26). The van der Waals surface area contributed by atoms with Crippen molar-refractivity contribution in [1.82, 2.24) is 25.3 Å². The summed E-state index contributed by atoms with van der Waals surface area (Å²) >= 11 is 0. The van der Waals surface area contributed by atoms with Crippen LogP contribution in [0.25, 0.3) is 16.5 Å². The van der Waals surface area contributed by atoms with E-state index in [2.05, 4.69) is 27.5 Å². The van der Waals surface area contributed by atoms with Crippen molar-refractivity contribution in [2.45, 2.75) is 39.2 Å². The van der Waals surface area contributed by atoms with Gasteiger partial charge in [-0.25, -0.2) is 4.68 Å². The number of fused-ring (bicyclic) bond motifs is 1. The Morgan fingerprint density at radius 1 is 1.35 bits per heavy atom. The summed E-state index contributed by atoms with van der Waals surface area (Å²) in [5.74, 6) is -0.234. The fourth-order valence-electron chi connectivity index (χ4n) is 3.01. The van der Waals surface area contributed by atoms with Crippen molar-refractivity contribution in [2.75, 3.05) is 6.54 Å². The first-order chi connectivity index (χ1) is 12.7.